The largest absolute Gasteiger partial charge is 0.355 e. The van der Waals surface area contributed by atoms with Crippen molar-refractivity contribution in [2.75, 3.05) is 39.3 Å². The normalized spacial score (nSPS) is 10.8. The fourth-order valence-electron chi connectivity index (χ4n) is 2.21. The van der Waals surface area contributed by atoms with Gasteiger partial charge in [-0.25, -0.2) is 0 Å². The number of hydrogen-bond acceptors (Lipinski definition) is 3. The number of unbranched alkanes of at least 4 members (excludes halogenated alkanes) is 4. The highest BCUT2D eigenvalue weighted by Crippen LogP contribution is 2.05. The minimum absolute atomic E-state index is 0.185. The molecule has 0 fully saturated rings. The lowest BCUT2D eigenvalue weighted by atomic mass is 10.1. The summed E-state index contributed by atoms with van der Waals surface area (Å²) in [6, 6.07) is 0. The maximum Gasteiger partial charge on any atom is 0.220 e. The number of carbonyl (C=O) groups excluding carboxylic acids is 1. The minimum Gasteiger partial charge on any atom is -0.355 e. The number of carbonyl (C=O) groups is 1. The first kappa shape index (κ1) is 20.1. The van der Waals surface area contributed by atoms with Crippen LogP contribution in [0, 0.1) is 0 Å². The van der Waals surface area contributed by atoms with Crippen LogP contribution in [0.5, 0.6) is 0 Å². The molecule has 0 aromatic heterocycles. The van der Waals surface area contributed by atoms with Gasteiger partial charge in [-0.2, -0.15) is 0 Å². The summed E-state index contributed by atoms with van der Waals surface area (Å²) in [7, 11) is 0. The number of nitrogens with zero attached hydrogens (tertiary/aromatic N) is 1. The van der Waals surface area contributed by atoms with Gasteiger partial charge in [-0.15, -0.1) is 6.58 Å². The lowest BCUT2D eigenvalue weighted by molar-refractivity contribution is -0.121. The third kappa shape index (κ3) is 13.9. The molecule has 0 saturated carbocycles. The summed E-state index contributed by atoms with van der Waals surface area (Å²) in [5.74, 6) is 0.185. The molecule has 0 saturated heterocycles. The Balaban J connectivity index is 3.28. The molecule has 0 aliphatic rings. The second kappa shape index (κ2) is 15.5. The van der Waals surface area contributed by atoms with Crippen molar-refractivity contribution in [1.29, 1.82) is 0 Å². The van der Waals surface area contributed by atoms with E-state index in [9.17, 15) is 4.79 Å². The molecule has 0 aliphatic heterocycles. The SMILES string of the molecule is C=CCCCCCCC(=O)NCCNCCN(CC)CC. The molecule has 0 bridgehead atoms. The van der Waals surface area contributed by atoms with Crippen molar-refractivity contribution in [1.82, 2.24) is 15.5 Å². The van der Waals surface area contributed by atoms with Crippen molar-refractivity contribution in [3.63, 3.8) is 0 Å². The van der Waals surface area contributed by atoms with Crippen LogP contribution in [-0.2, 0) is 4.79 Å². The van der Waals surface area contributed by atoms with E-state index in [4.69, 9.17) is 0 Å². The molecule has 0 radical (unpaired) electrons. The lowest BCUT2D eigenvalue weighted by Crippen LogP contribution is -2.36. The second-order valence-corrected chi connectivity index (χ2v) is 5.37. The van der Waals surface area contributed by atoms with Gasteiger partial charge in [0, 0.05) is 32.6 Å². The van der Waals surface area contributed by atoms with Crippen LogP contribution in [0.2, 0.25) is 0 Å². The number of rotatable bonds is 15. The molecule has 2 N–H and O–H groups in total. The predicted octanol–water partition coefficient (Wildman–Crippen LogP) is 2.56. The quantitative estimate of drug-likeness (QED) is 0.361. The van der Waals surface area contributed by atoms with E-state index < -0.39 is 0 Å². The number of allylic oxidation sites excluding steroid dienone is 1. The van der Waals surface area contributed by atoms with Crippen LogP contribution in [0.3, 0.4) is 0 Å². The summed E-state index contributed by atoms with van der Waals surface area (Å²) in [5.41, 5.74) is 0. The molecule has 4 nitrogen and oxygen atoms in total. The van der Waals surface area contributed by atoms with E-state index in [0.29, 0.717) is 6.42 Å². The Labute approximate surface area is 131 Å². The van der Waals surface area contributed by atoms with Gasteiger partial charge in [0.1, 0.15) is 0 Å². The summed E-state index contributed by atoms with van der Waals surface area (Å²) in [6.45, 7) is 13.9. The van der Waals surface area contributed by atoms with Crippen LogP contribution in [0.4, 0.5) is 0 Å². The molecule has 0 rings (SSSR count). The van der Waals surface area contributed by atoms with E-state index >= 15 is 0 Å². The van der Waals surface area contributed by atoms with Gasteiger partial charge < -0.3 is 15.5 Å². The fourth-order valence-corrected chi connectivity index (χ4v) is 2.21. The number of amides is 1. The van der Waals surface area contributed by atoms with Crippen LogP contribution in [-0.4, -0.2) is 50.1 Å². The van der Waals surface area contributed by atoms with Gasteiger partial charge in [0.05, 0.1) is 0 Å². The summed E-state index contributed by atoms with van der Waals surface area (Å²) in [4.78, 5) is 14.0. The highest BCUT2D eigenvalue weighted by Gasteiger charge is 2.00. The summed E-state index contributed by atoms with van der Waals surface area (Å²) in [5, 5.41) is 6.33. The Morgan fingerprint density at radius 3 is 2.43 bits per heavy atom. The number of likely N-dealkylation sites (N-methyl/N-ethyl adjacent to an activating group) is 1. The molecule has 1 amide bonds. The zero-order valence-corrected chi connectivity index (χ0v) is 14.1. The molecule has 0 aromatic rings. The van der Waals surface area contributed by atoms with Gasteiger partial charge in [-0.3, -0.25) is 4.79 Å². The van der Waals surface area contributed by atoms with Gasteiger partial charge in [0.15, 0.2) is 0 Å². The first-order valence-electron chi connectivity index (χ1n) is 8.55. The molecule has 0 atom stereocenters. The van der Waals surface area contributed by atoms with E-state index in [2.05, 4.69) is 36.0 Å². The third-order valence-corrected chi connectivity index (χ3v) is 3.69. The van der Waals surface area contributed by atoms with E-state index in [-0.39, 0.29) is 5.91 Å². The van der Waals surface area contributed by atoms with Crippen LogP contribution in [0.25, 0.3) is 0 Å². The van der Waals surface area contributed by atoms with Crippen molar-refractivity contribution in [3.05, 3.63) is 12.7 Å². The lowest BCUT2D eigenvalue weighted by Gasteiger charge is -2.18. The molecule has 21 heavy (non-hydrogen) atoms. The summed E-state index contributed by atoms with van der Waals surface area (Å²) >= 11 is 0. The first-order chi connectivity index (χ1) is 10.2. The Bertz CT molecular complexity index is 252. The molecular formula is C17H35N3O. The van der Waals surface area contributed by atoms with E-state index in [1.807, 2.05) is 6.08 Å². The molecule has 0 aromatic carbocycles. The highest BCUT2D eigenvalue weighted by atomic mass is 16.1. The van der Waals surface area contributed by atoms with Crippen LogP contribution >= 0.6 is 0 Å². The van der Waals surface area contributed by atoms with Crippen molar-refractivity contribution in [2.24, 2.45) is 0 Å². The molecule has 124 valence electrons. The summed E-state index contributed by atoms with van der Waals surface area (Å²) in [6.07, 6.45) is 8.24. The predicted molar refractivity (Wildman–Crippen MR) is 91.6 cm³/mol. The highest BCUT2D eigenvalue weighted by molar-refractivity contribution is 5.75. The average Bonchev–Trinajstić information content (AvgIpc) is 2.50. The molecular weight excluding hydrogens is 262 g/mol. The molecule has 0 spiro atoms. The maximum atomic E-state index is 11.6. The zero-order valence-electron chi connectivity index (χ0n) is 14.1. The fraction of sp³-hybridized carbons (Fsp3) is 0.824. The van der Waals surface area contributed by atoms with Crippen LogP contribution in [0.15, 0.2) is 12.7 Å². The van der Waals surface area contributed by atoms with Crippen molar-refractivity contribution < 1.29 is 4.79 Å². The van der Waals surface area contributed by atoms with E-state index in [1.54, 1.807) is 0 Å². The third-order valence-electron chi connectivity index (χ3n) is 3.69. The second-order valence-electron chi connectivity index (χ2n) is 5.37. The van der Waals surface area contributed by atoms with Gasteiger partial charge in [-0.05, 0) is 32.4 Å². The average molecular weight is 297 g/mol. The monoisotopic (exact) mass is 297 g/mol. The minimum atomic E-state index is 0.185. The maximum absolute atomic E-state index is 11.6. The first-order valence-corrected chi connectivity index (χ1v) is 8.55. The molecule has 0 unspecified atom stereocenters. The van der Waals surface area contributed by atoms with Gasteiger partial charge >= 0.3 is 0 Å². The van der Waals surface area contributed by atoms with Crippen molar-refractivity contribution in [3.8, 4) is 0 Å². The van der Waals surface area contributed by atoms with Crippen molar-refractivity contribution >= 4 is 5.91 Å². The summed E-state index contributed by atoms with van der Waals surface area (Å²) < 4.78 is 0. The van der Waals surface area contributed by atoms with Gasteiger partial charge in [0.25, 0.3) is 0 Å². The van der Waals surface area contributed by atoms with Gasteiger partial charge in [0.2, 0.25) is 5.91 Å². The molecule has 0 heterocycles. The molecule has 4 heteroatoms. The Morgan fingerprint density at radius 1 is 1.05 bits per heavy atom. The standard InChI is InChI=1S/C17H35N3O/c1-4-7-8-9-10-11-12-17(21)19-14-13-18-15-16-20(5-2)6-3/h4,18H,1,5-16H2,2-3H3,(H,19,21). The van der Waals surface area contributed by atoms with Crippen LogP contribution < -0.4 is 10.6 Å². The van der Waals surface area contributed by atoms with Crippen LogP contribution in [0.1, 0.15) is 52.4 Å². The van der Waals surface area contributed by atoms with Gasteiger partial charge in [-0.1, -0.05) is 32.8 Å². The Morgan fingerprint density at radius 2 is 1.76 bits per heavy atom. The number of nitrogens with one attached hydrogen (secondary N) is 2. The Hall–Kier alpha value is -0.870. The van der Waals surface area contributed by atoms with E-state index in [0.717, 1.165) is 58.5 Å². The van der Waals surface area contributed by atoms with Crippen molar-refractivity contribution in [2.45, 2.75) is 52.4 Å². The zero-order chi connectivity index (χ0) is 15.8. The molecule has 0 aliphatic carbocycles. The van der Waals surface area contributed by atoms with E-state index in [1.165, 1.54) is 12.8 Å². The smallest absolute Gasteiger partial charge is 0.220 e. The number of hydrogen-bond donors (Lipinski definition) is 2. The Kier molecular flexibility index (Phi) is 14.9. The topological polar surface area (TPSA) is 44.4 Å².